The quantitative estimate of drug-likeness (QED) is 0.281. The molecule has 0 bridgehead atoms. The second-order valence-corrected chi connectivity index (χ2v) is 6.83. The van der Waals surface area contributed by atoms with Gasteiger partial charge in [-0.3, -0.25) is 9.79 Å². The number of nitrogens with one attached hydrogen (secondary N) is 2. The molecule has 0 aromatic rings. The molecule has 1 heterocycles. The van der Waals surface area contributed by atoms with E-state index in [0.29, 0.717) is 13.2 Å². The zero-order valence-electron chi connectivity index (χ0n) is 15.6. The second-order valence-electron chi connectivity index (χ2n) is 6.83. The third kappa shape index (κ3) is 10.1. The smallest absolute Gasteiger partial charge is 0.240 e. The van der Waals surface area contributed by atoms with Crippen LogP contribution in [0.25, 0.3) is 0 Å². The first-order valence-electron chi connectivity index (χ1n) is 8.38. The summed E-state index contributed by atoms with van der Waals surface area (Å²) in [4.78, 5) is 18.5. The fraction of sp³-hybridized carbons (Fsp3) is 0.765. The van der Waals surface area contributed by atoms with Gasteiger partial charge in [0, 0.05) is 25.7 Å². The Hall–Kier alpha value is -0.830. The molecule has 0 saturated carbocycles. The van der Waals surface area contributed by atoms with Gasteiger partial charge >= 0.3 is 0 Å². The van der Waals surface area contributed by atoms with Crippen molar-refractivity contribution < 1.29 is 9.53 Å². The molecule has 24 heavy (non-hydrogen) atoms. The number of rotatable bonds is 6. The van der Waals surface area contributed by atoms with E-state index in [4.69, 9.17) is 4.74 Å². The standard InChI is InChI=1S/C17H32N4O2.HI/c1-6-18-16(19-10-7-14-8-11-23-12-9-14)21(5)13-15(22)20-17(2,3)4;/h8H,6-7,9-13H2,1-5H3,(H,18,19)(H,20,22);1H. The number of likely N-dealkylation sites (N-methyl/N-ethyl adjacent to an activating group) is 1. The van der Waals surface area contributed by atoms with E-state index >= 15 is 0 Å². The molecule has 1 aliphatic rings. The fourth-order valence-corrected chi connectivity index (χ4v) is 2.32. The lowest BCUT2D eigenvalue weighted by Gasteiger charge is -2.25. The highest BCUT2D eigenvalue weighted by molar-refractivity contribution is 14.0. The molecule has 0 fully saturated rings. The van der Waals surface area contributed by atoms with Gasteiger partial charge in [-0.1, -0.05) is 11.6 Å². The van der Waals surface area contributed by atoms with Gasteiger partial charge in [-0.25, -0.2) is 0 Å². The third-order valence-corrected chi connectivity index (χ3v) is 3.34. The highest BCUT2D eigenvalue weighted by Gasteiger charge is 2.16. The number of nitrogens with zero attached hydrogens (tertiary/aromatic N) is 2. The molecular formula is C17H33IN4O2. The summed E-state index contributed by atoms with van der Waals surface area (Å²) in [5.41, 5.74) is 1.19. The number of carbonyl (C=O) groups is 1. The summed E-state index contributed by atoms with van der Waals surface area (Å²) in [6.45, 7) is 11.3. The summed E-state index contributed by atoms with van der Waals surface area (Å²) in [7, 11) is 1.89. The molecule has 0 unspecified atom stereocenters. The monoisotopic (exact) mass is 452 g/mol. The molecule has 0 spiro atoms. The first-order chi connectivity index (χ1) is 10.8. The Kier molecular flexibility index (Phi) is 11.3. The van der Waals surface area contributed by atoms with Gasteiger partial charge in [-0.05, 0) is 40.5 Å². The Labute approximate surface area is 163 Å². The minimum absolute atomic E-state index is 0. The average Bonchev–Trinajstić information content (AvgIpc) is 2.45. The van der Waals surface area contributed by atoms with Gasteiger partial charge in [0.2, 0.25) is 5.91 Å². The molecule has 0 saturated heterocycles. The summed E-state index contributed by atoms with van der Waals surface area (Å²) in [5, 5.41) is 6.21. The van der Waals surface area contributed by atoms with Crippen LogP contribution in [0.2, 0.25) is 0 Å². The Bertz CT molecular complexity index is 444. The fourth-order valence-electron chi connectivity index (χ4n) is 2.32. The van der Waals surface area contributed by atoms with Crippen molar-refractivity contribution in [3.63, 3.8) is 0 Å². The van der Waals surface area contributed by atoms with Crippen molar-refractivity contribution in [3.8, 4) is 0 Å². The van der Waals surface area contributed by atoms with Gasteiger partial charge < -0.3 is 20.3 Å². The molecule has 6 nitrogen and oxygen atoms in total. The van der Waals surface area contributed by atoms with Crippen molar-refractivity contribution in [1.29, 1.82) is 0 Å². The number of guanidine groups is 1. The van der Waals surface area contributed by atoms with E-state index < -0.39 is 0 Å². The topological polar surface area (TPSA) is 66.0 Å². The van der Waals surface area contributed by atoms with E-state index in [0.717, 1.165) is 38.5 Å². The number of ether oxygens (including phenoxy) is 1. The van der Waals surface area contributed by atoms with Crippen LogP contribution in [-0.2, 0) is 9.53 Å². The second kappa shape index (κ2) is 11.7. The van der Waals surface area contributed by atoms with Gasteiger partial charge in [-0.2, -0.15) is 0 Å². The van der Waals surface area contributed by atoms with E-state index in [1.165, 1.54) is 5.57 Å². The molecule has 1 aliphatic heterocycles. The van der Waals surface area contributed by atoms with Crippen LogP contribution < -0.4 is 10.6 Å². The van der Waals surface area contributed by atoms with Crippen molar-refractivity contribution in [2.75, 3.05) is 39.9 Å². The molecule has 0 aromatic carbocycles. The van der Waals surface area contributed by atoms with E-state index in [9.17, 15) is 4.79 Å². The zero-order chi connectivity index (χ0) is 17.3. The van der Waals surface area contributed by atoms with Crippen molar-refractivity contribution in [3.05, 3.63) is 11.6 Å². The van der Waals surface area contributed by atoms with Gasteiger partial charge in [0.25, 0.3) is 0 Å². The van der Waals surface area contributed by atoms with Crippen molar-refractivity contribution in [2.45, 2.75) is 46.1 Å². The zero-order valence-corrected chi connectivity index (χ0v) is 18.0. The van der Waals surface area contributed by atoms with Crippen LogP contribution in [0.3, 0.4) is 0 Å². The maximum atomic E-state index is 12.0. The summed E-state index contributed by atoms with van der Waals surface area (Å²) in [6, 6.07) is 0. The Morgan fingerprint density at radius 2 is 2.12 bits per heavy atom. The number of hydrogen-bond acceptors (Lipinski definition) is 3. The lowest BCUT2D eigenvalue weighted by atomic mass is 10.1. The predicted octanol–water partition coefficient (Wildman–Crippen LogP) is 2.15. The Morgan fingerprint density at radius 3 is 2.67 bits per heavy atom. The number of carbonyl (C=O) groups excluding carboxylic acids is 1. The molecule has 0 aliphatic carbocycles. The third-order valence-electron chi connectivity index (χ3n) is 3.34. The maximum absolute atomic E-state index is 12.0. The lowest BCUT2D eigenvalue weighted by Crippen LogP contribution is -2.48. The van der Waals surface area contributed by atoms with E-state index in [-0.39, 0.29) is 35.4 Å². The van der Waals surface area contributed by atoms with Crippen LogP contribution in [-0.4, -0.2) is 62.2 Å². The van der Waals surface area contributed by atoms with Crippen molar-refractivity contribution in [1.82, 2.24) is 15.5 Å². The minimum atomic E-state index is -0.219. The van der Waals surface area contributed by atoms with Gasteiger partial charge in [0.05, 0.1) is 19.8 Å². The lowest BCUT2D eigenvalue weighted by molar-refractivity contribution is -0.122. The molecule has 1 amide bonds. The first-order valence-corrected chi connectivity index (χ1v) is 8.38. The number of aliphatic imine (C=N–C) groups is 1. The molecule has 0 aromatic heterocycles. The molecule has 7 heteroatoms. The van der Waals surface area contributed by atoms with Gasteiger partial charge in [0.15, 0.2) is 5.96 Å². The summed E-state index contributed by atoms with van der Waals surface area (Å²) >= 11 is 0. The van der Waals surface area contributed by atoms with E-state index in [2.05, 4.69) is 21.7 Å². The molecule has 0 atom stereocenters. The maximum Gasteiger partial charge on any atom is 0.240 e. The number of hydrogen-bond donors (Lipinski definition) is 2. The molecular weight excluding hydrogens is 419 g/mol. The van der Waals surface area contributed by atoms with Crippen LogP contribution in [0.15, 0.2) is 16.6 Å². The highest BCUT2D eigenvalue weighted by atomic mass is 127. The van der Waals surface area contributed by atoms with Crippen LogP contribution in [0.1, 0.15) is 40.5 Å². The Morgan fingerprint density at radius 1 is 1.42 bits per heavy atom. The normalized spacial score (nSPS) is 15.2. The van der Waals surface area contributed by atoms with Crippen LogP contribution in [0, 0.1) is 0 Å². The average molecular weight is 452 g/mol. The van der Waals surface area contributed by atoms with Crippen LogP contribution in [0.5, 0.6) is 0 Å². The van der Waals surface area contributed by atoms with E-state index in [1.54, 1.807) is 0 Å². The Balaban J connectivity index is 0.00000529. The summed E-state index contributed by atoms with van der Waals surface area (Å²) in [5.74, 6) is 0.766. The predicted molar refractivity (Wildman–Crippen MR) is 110 cm³/mol. The van der Waals surface area contributed by atoms with Gasteiger partial charge in [-0.15, -0.1) is 24.0 Å². The molecule has 0 radical (unpaired) electrons. The number of amides is 1. The largest absolute Gasteiger partial charge is 0.377 e. The van der Waals surface area contributed by atoms with E-state index in [1.807, 2.05) is 39.6 Å². The van der Waals surface area contributed by atoms with Crippen LogP contribution in [0.4, 0.5) is 0 Å². The summed E-state index contributed by atoms with van der Waals surface area (Å²) < 4.78 is 5.31. The van der Waals surface area contributed by atoms with Crippen LogP contribution >= 0.6 is 24.0 Å². The van der Waals surface area contributed by atoms with Crippen molar-refractivity contribution in [2.24, 2.45) is 4.99 Å². The minimum Gasteiger partial charge on any atom is -0.377 e. The molecule has 140 valence electrons. The molecule has 1 rings (SSSR count). The first kappa shape index (κ1) is 23.2. The number of halogens is 1. The van der Waals surface area contributed by atoms with Crippen molar-refractivity contribution >= 4 is 35.8 Å². The highest BCUT2D eigenvalue weighted by Crippen LogP contribution is 2.11. The summed E-state index contributed by atoms with van der Waals surface area (Å²) in [6.07, 6.45) is 4.09. The molecule has 2 N–H and O–H groups in total. The SMILES string of the molecule is CCNC(=NCCC1=CCOCC1)N(C)CC(=O)NC(C)(C)C.I. The van der Waals surface area contributed by atoms with Gasteiger partial charge in [0.1, 0.15) is 0 Å².